The number of nitrogens with zero attached hydrogens (tertiary/aromatic N) is 2. The van der Waals surface area contributed by atoms with E-state index in [1.54, 1.807) is 6.07 Å². The van der Waals surface area contributed by atoms with Crippen LogP contribution in [0.25, 0.3) is 0 Å². The summed E-state index contributed by atoms with van der Waals surface area (Å²) in [5.41, 5.74) is 0.749. The quantitative estimate of drug-likeness (QED) is 0.911. The van der Waals surface area contributed by atoms with Crippen LogP contribution in [-0.4, -0.2) is 21.0 Å². The van der Waals surface area contributed by atoms with Crippen molar-refractivity contribution in [2.45, 2.75) is 0 Å². The maximum absolute atomic E-state index is 12.6. The van der Waals surface area contributed by atoms with Crippen molar-refractivity contribution in [1.29, 1.82) is 0 Å². The molecule has 2 aromatic rings. The van der Waals surface area contributed by atoms with Gasteiger partial charge in [-0.25, -0.2) is 19.2 Å². The van der Waals surface area contributed by atoms with E-state index in [0.29, 0.717) is 10.2 Å². The minimum absolute atomic E-state index is 0.160. The molecule has 5 nitrogen and oxygen atoms in total. The third kappa shape index (κ3) is 2.80. The van der Waals surface area contributed by atoms with Gasteiger partial charge >= 0.3 is 5.97 Å². The van der Waals surface area contributed by atoms with E-state index in [1.165, 1.54) is 12.1 Å². The predicted octanol–water partition coefficient (Wildman–Crippen LogP) is 2.82. The van der Waals surface area contributed by atoms with Crippen LogP contribution in [0.2, 0.25) is 0 Å². The highest BCUT2D eigenvalue weighted by Crippen LogP contribution is 2.25. The molecule has 0 spiro atoms. The summed E-state index contributed by atoms with van der Waals surface area (Å²) >= 11 is 3.23. The number of halogens is 2. The number of hydrogen-bond acceptors (Lipinski definition) is 4. The molecule has 18 heavy (non-hydrogen) atoms. The number of aromatic carboxylic acids is 1. The van der Waals surface area contributed by atoms with Gasteiger partial charge in [0.1, 0.15) is 0 Å². The lowest BCUT2D eigenvalue weighted by atomic mass is 10.2. The molecule has 0 radical (unpaired) electrons. The number of hydrogen-bond donors (Lipinski definition) is 2. The van der Waals surface area contributed by atoms with Gasteiger partial charge in [0.15, 0.2) is 5.82 Å². The van der Waals surface area contributed by atoms with Gasteiger partial charge in [-0.15, -0.1) is 0 Å². The number of carboxylic acid groups (broad SMARTS) is 1. The Labute approximate surface area is 110 Å². The second-order valence-electron chi connectivity index (χ2n) is 3.35. The van der Waals surface area contributed by atoms with Crippen molar-refractivity contribution < 1.29 is 14.3 Å². The number of benzene rings is 1. The summed E-state index contributed by atoms with van der Waals surface area (Å²) in [6, 6.07) is 4.47. The van der Waals surface area contributed by atoms with Crippen LogP contribution in [-0.2, 0) is 0 Å². The highest BCUT2D eigenvalue weighted by molar-refractivity contribution is 9.10. The SMILES string of the molecule is O=C(O)c1ccc(Nc2ncc(F)cn2)c(Br)c1. The first-order chi connectivity index (χ1) is 8.56. The summed E-state index contributed by atoms with van der Waals surface area (Å²) in [5.74, 6) is -1.32. The Hall–Kier alpha value is -2.02. The van der Waals surface area contributed by atoms with E-state index in [0.717, 1.165) is 12.4 Å². The molecule has 1 aromatic carbocycles. The smallest absolute Gasteiger partial charge is 0.335 e. The van der Waals surface area contributed by atoms with Crippen molar-refractivity contribution in [2.24, 2.45) is 0 Å². The molecule has 0 amide bonds. The second kappa shape index (κ2) is 5.09. The van der Waals surface area contributed by atoms with E-state index >= 15 is 0 Å². The fourth-order valence-electron chi connectivity index (χ4n) is 1.25. The minimum atomic E-state index is -1.01. The molecule has 0 bridgehead atoms. The molecule has 0 atom stereocenters. The van der Waals surface area contributed by atoms with Crippen molar-refractivity contribution in [1.82, 2.24) is 9.97 Å². The fraction of sp³-hybridized carbons (Fsp3) is 0. The number of aromatic nitrogens is 2. The fourth-order valence-corrected chi connectivity index (χ4v) is 1.72. The highest BCUT2D eigenvalue weighted by Gasteiger charge is 2.07. The standard InChI is InChI=1S/C11H7BrFN3O2/c12-8-3-6(10(17)18)1-2-9(8)16-11-14-4-7(13)5-15-11/h1-5H,(H,17,18)(H,14,15,16). The van der Waals surface area contributed by atoms with Crippen molar-refractivity contribution in [3.05, 3.63) is 46.4 Å². The molecular formula is C11H7BrFN3O2. The molecule has 0 aliphatic heterocycles. The van der Waals surface area contributed by atoms with Crippen LogP contribution in [0.1, 0.15) is 10.4 Å². The molecule has 2 N–H and O–H groups in total. The maximum Gasteiger partial charge on any atom is 0.335 e. The van der Waals surface area contributed by atoms with Gasteiger partial charge in [-0.1, -0.05) is 0 Å². The van der Waals surface area contributed by atoms with Gasteiger partial charge < -0.3 is 10.4 Å². The summed E-state index contributed by atoms with van der Waals surface area (Å²) in [5, 5.41) is 11.6. The lowest BCUT2D eigenvalue weighted by molar-refractivity contribution is 0.0697. The van der Waals surface area contributed by atoms with Crippen LogP contribution in [0.5, 0.6) is 0 Å². The number of nitrogens with one attached hydrogen (secondary N) is 1. The number of carboxylic acids is 1. The Morgan fingerprint density at radius 1 is 1.33 bits per heavy atom. The van der Waals surface area contributed by atoms with Crippen molar-refractivity contribution in [2.75, 3.05) is 5.32 Å². The summed E-state index contributed by atoms with van der Waals surface area (Å²) in [6.07, 6.45) is 2.07. The lowest BCUT2D eigenvalue weighted by Gasteiger charge is -2.07. The number of carbonyl (C=O) groups is 1. The largest absolute Gasteiger partial charge is 0.478 e. The van der Waals surface area contributed by atoms with Crippen LogP contribution < -0.4 is 5.32 Å². The summed E-state index contributed by atoms with van der Waals surface area (Å²) < 4.78 is 13.2. The average Bonchev–Trinajstić information content (AvgIpc) is 2.34. The molecule has 1 heterocycles. The van der Waals surface area contributed by atoms with Crippen LogP contribution in [0, 0.1) is 5.82 Å². The molecule has 0 saturated heterocycles. The van der Waals surface area contributed by atoms with Gasteiger partial charge in [-0.05, 0) is 34.1 Å². The van der Waals surface area contributed by atoms with E-state index in [2.05, 4.69) is 31.2 Å². The first-order valence-corrected chi connectivity index (χ1v) is 5.63. The predicted molar refractivity (Wildman–Crippen MR) is 66.4 cm³/mol. The van der Waals surface area contributed by atoms with Gasteiger partial charge in [0.25, 0.3) is 0 Å². The van der Waals surface area contributed by atoms with E-state index < -0.39 is 11.8 Å². The van der Waals surface area contributed by atoms with E-state index in [9.17, 15) is 9.18 Å². The van der Waals surface area contributed by atoms with Crippen molar-refractivity contribution in [3.63, 3.8) is 0 Å². The zero-order valence-corrected chi connectivity index (χ0v) is 10.5. The molecule has 2 rings (SSSR count). The van der Waals surface area contributed by atoms with E-state index in [-0.39, 0.29) is 11.5 Å². The van der Waals surface area contributed by atoms with Crippen molar-refractivity contribution >= 4 is 33.5 Å². The molecule has 0 saturated carbocycles. The third-order valence-corrected chi connectivity index (χ3v) is 2.74. The Bertz CT molecular complexity index is 589. The summed E-state index contributed by atoms with van der Waals surface area (Å²) in [7, 11) is 0. The molecule has 0 fully saturated rings. The third-order valence-electron chi connectivity index (χ3n) is 2.08. The number of rotatable bonds is 3. The van der Waals surface area contributed by atoms with Gasteiger partial charge in [0, 0.05) is 4.47 Å². The molecule has 1 aromatic heterocycles. The lowest BCUT2D eigenvalue weighted by Crippen LogP contribution is -2.00. The number of anilines is 2. The zero-order chi connectivity index (χ0) is 13.1. The molecule has 0 aliphatic rings. The Kier molecular flexibility index (Phi) is 3.52. The molecule has 0 aliphatic carbocycles. The summed E-state index contributed by atoms with van der Waals surface area (Å²) in [6.45, 7) is 0. The van der Waals surface area contributed by atoms with Gasteiger partial charge in [-0.2, -0.15) is 0 Å². The molecule has 0 unspecified atom stereocenters. The Morgan fingerprint density at radius 3 is 2.56 bits per heavy atom. The molecule has 7 heteroatoms. The first kappa shape index (κ1) is 12.4. The van der Waals surface area contributed by atoms with Crippen LogP contribution in [0.15, 0.2) is 35.1 Å². The van der Waals surface area contributed by atoms with Crippen LogP contribution in [0.4, 0.5) is 16.0 Å². The molecule has 92 valence electrons. The Balaban J connectivity index is 2.24. The monoisotopic (exact) mass is 311 g/mol. The highest BCUT2D eigenvalue weighted by atomic mass is 79.9. The van der Waals surface area contributed by atoms with Gasteiger partial charge in [-0.3, -0.25) is 0 Å². The second-order valence-corrected chi connectivity index (χ2v) is 4.20. The van der Waals surface area contributed by atoms with Crippen molar-refractivity contribution in [3.8, 4) is 0 Å². The average molecular weight is 312 g/mol. The van der Waals surface area contributed by atoms with Crippen LogP contribution >= 0.6 is 15.9 Å². The maximum atomic E-state index is 12.6. The molecular weight excluding hydrogens is 305 g/mol. The van der Waals surface area contributed by atoms with Gasteiger partial charge in [0.05, 0.1) is 23.6 Å². The van der Waals surface area contributed by atoms with E-state index in [4.69, 9.17) is 5.11 Å². The first-order valence-electron chi connectivity index (χ1n) is 4.83. The van der Waals surface area contributed by atoms with Crippen LogP contribution in [0.3, 0.4) is 0 Å². The van der Waals surface area contributed by atoms with Gasteiger partial charge in [0.2, 0.25) is 5.95 Å². The zero-order valence-electron chi connectivity index (χ0n) is 8.89. The van der Waals surface area contributed by atoms with E-state index in [1.807, 2.05) is 0 Å². The minimum Gasteiger partial charge on any atom is -0.478 e. The summed E-state index contributed by atoms with van der Waals surface area (Å²) in [4.78, 5) is 18.2. The Morgan fingerprint density at radius 2 is 2.00 bits per heavy atom. The normalized spacial score (nSPS) is 10.1. The topological polar surface area (TPSA) is 75.1 Å².